The maximum absolute atomic E-state index is 4.00. The molecule has 0 fully saturated rings. The van der Waals surface area contributed by atoms with Crippen molar-refractivity contribution in [2.45, 2.75) is 26.7 Å². The van der Waals surface area contributed by atoms with Crippen molar-refractivity contribution in [3.05, 3.63) is 48.0 Å². The molecule has 13 heavy (non-hydrogen) atoms. The van der Waals surface area contributed by atoms with E-state index in [1.807, 2.05) is 0 Å². The minimum Gasteiger partial charge on any atom is -0.0998 e. The van der Waals surface area contributed by atoms with Gasteiger partial charge in [-0.15, -0.1) is 0 Å². The van der Waals surface area contributed by atoms with Crippen LogP contribution in [0.2, 0.25) is 0 Å². The quantitative estimate of drug-likeness (QED) is 0.607. The zero-order chi connectivity index (χ0) is 9.84. The number of hydrogen-bond acceptors (Lipinski definition) is 0. The van der Waals surface area contributed by atoms with Crippen LogP contribution in [-0.2, 0) is 0 Å². The van der Waals surface area contributed by atoms with Crippen LogP contribution in [0.15, 0.2) is 42.5 Å². The van der Waals surface area contributed by atoms with E-state index in [1.54, 1.807) is 0 Å². The second kappa shape index (κ2) is 4.27. The van der Waals surface area contributed by atoms with Gasteiger partial charge in [0.1, 0.15) is 0 Å². The van der Waals surface area contributed by atoms with Crippen molar-refractivity contribution in [1.29, 1.82) is 0 Å². The van der Waals surface area contributed by atoms with E-state index < -0.39 is 0 Å². The van der Waals surface area contributed by atoms with Gasteiger partial charge in [-0.3, -0.25) is 0 Å². The minimum atomic E-state index is 0.558. The van der Waals surface area contributed by atoms with Gasteiger partial charge in [-0.2, -0.15) is 0 Å². The van der Waals surface area contributed by atoms with Gasteiger partial charge in [0.05, 0.1) is 0 Å². The van der Waals surface area contributed by atoms with Crippen LogP contribution in [0.25, 0.3) is 0 Å². The normalized spacial score (nSPS) is 15.0. The summed E-state index contributed by atoms with van der Waals surface area (Å²) in [6.07, 6.45) is 0. The lowest BCUT2D eigenvalue weighted by atomic mass is 9.85. The molecule has 0 saturated carbocycles. The monoisotopic (exact) mass is 174 g/mol. The summed E-state index contributed by atoms with van der Waals surface area (Å²) in [4.78, 5) is 0. The average molecular weight is 174 g/mol. The molecule has 0 aliphatic carbocycles. The molecule has 0 nitrogen and oxygen atoms in total. The fraction of sp³-hybridized carbons (Fsp3) is 0.385. The fourth-order valence-corrected chi connectivity index (χ4v) is 1.47. The SMILES string of the molecule is C=C(C)[C@@H](C)[C@H](C)c1ccccc1. The Bertz CT molecular complexity index is 271. The third kappa shape index (κ3) is 2.45. The highest BCUT2D eigenvalue weighted by Gasteiger charge is 2.13. The molecule has 0 N–H and O–H groups in total. The summed E-state index contributed by atoms with van der Waals surface area (Å²) >= 11 is 0. The molecule has 0 radical (unpaired) electrons. The minimum absolute atomic E-state index is 0.558. The third-order valence-electron chi connectivity index (χ3n) is 2.85. The largest absolute Gasteiger partial charge is 0.0998 e. The van der Waals surface area contributed by atoms with E-state index in [-0.39, 0.29) is 0 Å². The first-order valence-electron chi connectivity index (χ1n) is 4.83. The highest BCUT2D eigenvalue weighted by atomic mass is 14.2. The van der Waals surface area contributed by atoms with Crippen molar-refractivity contribution >= 4 is 0 Å². The Kier molecular flexibility index (Phi) is 3.30. The van der Waals surface area contributed by atoms with E-state index in [0.29, 0.717) is 11.8 Å². The molecular formula is C13H18. The molecule has 0 saturated heterocycles. The van der Waals surface area contributed by atoms with Crippen molar-refractivity contribution in [1.82, 2.24) is 0 Å². The highest BCUT2D eigenvalue weighted by Crippen LogP contribution is 2.27. The Morgan fingerprint density at radius 3 is 2.15 bits per heavy atom. The van der Waals surface area contributed by atoms with Gasteiger partial charge in [0.2, 0.25) is 0 Å². The molecule has 0 aromatic heterocycles. The Morgan fingerprint density at radius 2 is 1.69 bits per heavy atom. The molecule has 0 heterocycles. The van der Waals surface area contributed by atoms with Crippen LogP contribution in [0.5, 0.6) is 0 Å². The van der Waals surface area contributed by atoms with E-state index in [9.17, 15) is 0 Å². The molecule has 0 unspecified atom stereocenters. The smallest absolute Gasteiger partial charge is 0.0128 e. The fourth-order valence-electron chi connectivity index (χ4n) is 1.47. The lowest BCUT2D eigenvalue weighted by Gasteiger charge is -2.20. The van der Waals surface area contributed by atoms with Crippen molar-refractivity contribution in [2.24, 2.45) is 5.92 Å². The van der Waals surface area contributed by atoms with Crippen molar-refractivity contribution in [3.8, 4) is 0 Å². The maximum atomic E-state index is 4.00. The Hall–Kier alpha value is -1.04. The van der Waals surface area contributed by atoms with Crippen LogP contribution in [0, 0.1) is 5.92 Å². The Labute approximate surface area is 81.3 Å². The van der Waals surface area contributed by atoms with Gasteiger partial charge in [-0.05, 0) is 24.3 Å². The van der Waals surface area contributed by atoms with Gasteiger partial charge in [-0.1, -0.05) is 56.3 Å². The molecule has 0 bridgehead atoms. The summed E-state index contributed by atoms with van der Waals surface area (Å²) in [5, 5.41) is 0. The second-order valence-corrected chi connectivity index (χ2v) is 3.83. The van der Waals surface area contributed by atoms with E-state index in [4.69, 9.17) is 0 Å². The summed E-state index contributed by atoms with van der Waals surface area (Å²) in [6, 6.07) is 10.6. The van der Waals surface area contributed by atoms with Gasteiger partial charge >= 0.3 is 0 Å². The Morgan fingerprint density at radius 1 is 1.15 bits per heavy atom. The molecular weight excluding hydrogens is 156 g/mol. The number of hydrogen-bond donors (Lipinski definition) is 0. The van der Waals surface area contributed by atoms with E-state index >= 15 is 0 Å². The summed E-state index contributed by atoms with van der Waals surface area (Å²) < 4.78 is 0. The van der Waals surface area contributed by atoms with E-state index in [2.05, 4.69) is 57.7 Å². The maximum Gasteiger partial charge on any atom is -0.0128 e. The zero-order valence-corrected chi connectivity index (χ0v) is 8.75. The number of rotatable bonds is 3. The molecule has 0 aliphatic rings. The van der Waals surface area contributed by atoms with Gasteiger partial charge in [0.15, 0.2) is 0 Å². The van der Waals surface area contributed by atoms with Gasteiger partial charge in [0.25, 0.3) is 0 Å². The third-order valence-corrected chi connectivity index (χ3v) is 2.85. The first kappa shape index (κ1) is 10.0. The van der Waals surface area contributed by atoms with Crippen molar-refractivity contribution < 1.29 is 0 Å². The predicted molar refractivity (Wildman–Crippen MR) is 58.8 cm³/mol. The second-order valence-electron chi connectivity index (χ2n) is 3.83. The predicted octanol–water partition coefficient (Wildman–Crippen LogP) is 4.00. The summed E-state index contributed by atoms with van der Waals surface area (Å²) in [5.74, 6) is 1.13. The summed E-state index contributed by atoms with van der Waals surface area (Å²) in [7, 11) is 0. The van der Waals surface area contributed by atoms with Crippen LogP contribution in [0.1, 0.15) is 32.3 Å². The molecule has 0 heteroatoms. The van der Waals surface area contributed by atoms with Gasteiger partial charge < -0.3 is 0 Å². The summed E-state index contributed by atoms with van der Waals surface area (Å²) in [5.41, 5.74) is 2.66. The highest BCUT2D eigenvalue weighted by molar-refractivity contribution is 5.21. The van der Waals surface area contributed by atoms with Crippen LogP contribution in [0.4, 0.5) is 0 Å². The average Bonchev–Trinajstić information content (AvgIpc) is 2.17. The first-order chi connectivity index (χ1) is 6.13. The standard InChI is InChI=1S/C13H18/c1-10(2)11(3)12(4)13-8-6-5-7-9-13/h5-9,11-12H,1H2,2-4H3/t11-,12+/m1/s1. The van der Waals surface area contributed by atoms with Gasteiger partial charge in [0, 0.05) is 0 Å². The number of allylic oxidation sites excluding steroid dienone is 1. The first-order valence-corrected chi connectivity index (χ1v) is 4.83. The van der Waals surface area contributed by atoms with E-state index in [0.717, 1.165) is 0 Å². The van der Waals surface area contributed by atoms with Crippen LogP contribution in [0.3, 0.4) is 0 Å². The molecule has 1 aromatic rings. The molecule has 0 spiro atoms. The zero-order valence-electron chi connectivity index (χ0n) is 8.75. The lowest BCUT2D eigenvalue weighted by Crippen LogP contribution is -2.06. The number of benzene rings is 1. The van der Waals surface area contributed by atoms with Crippen LogP contribution in [-0.4, -0.2) is 0 Å². The molecule has 1 aromatic carbocycles. The van der Waals surface area contributed by atoms with Crippen LogP contribution < -0.4 is 0 Å². The van der Waals surface area contributed by atoms with Gasteiger partial charge in [-0.25, -0.2) is 0 Å². The summed E-state index contributed by atoms with van der Waals surface area (Å²) in [6.45, 7) is 10.6. The topological polar surface area (TPSA) is 0 Å². The molecule has 0 amide bonds. The molecule has 0 aliphatic heterocycles. The molecule has 1 rings (SSSR count). The molecule has 70 valence electrons. The van der Waals surface area contributed by atoms with Crippen molar-refractivity contribution in [3.63, 3.8) is 0 Å². The van der Waals surface area contributed by atoms with Crippen molar-refractivity contribution in [2.75, 3.05) is 0 Å². The lowest BCUT2D eigenvalue weighted by molar-refractivity contribution is 0.562. The van der Waals surface area contributed by atoms with E-state index in [1.165, 1.54) is 11.1 Å². The molecule has 2 atom stereocenters. The van der Waals surface area contributed by atoms with Crippen LogP contribution >= 0.6 is 0 Å². The Balaban J connectivity index is 2.79.